The average molecular weight is 248 g/mol. The number of methoxy groups -OCH3 is 1. The van der Waals surface area contributed by atoms with Gasteiger partial charge in [-0.25, -0.2) is 0 Å². The van der Waals surface area contributed by atoms with Crippen LogP contribution in [-0.4, -0.2) is 46.7 Å². The first kappa shape index (κ1) is 16.5. The summed E-state index contributed by atoms with van der Waals surface area (Å²) < 4.78 is 10.5. The summed E-state index contributed by atoms with van der Waals surface area (Å²) in [5.41, 5.74) is 0. The van der Waals surface area contributed by atoms with Crippen LogP contribution in [0, 0.1) is 0 Å². The number of rotatable bonds is 3. The van der Waals surface area contributed by atoms with Crippen molar-refractivity contribution in [2.45, 2.75) is 57.4 Å². The lowest BCUT2D eigenvalue weighted by atomic mass is 10.0. The summed E-state index contributed by atoms with van der Waals surface area (Å²) in [6.07, 6.45) is 3.48. The van der Waals surface area contributed by atoms with E-state index in [1.807, 2.05) is 0 Å². The fourth-order valence-electron chi connectivity index (χ4n) is 1.49. The number of hydrogen-bond acceptors (Lipinski definition) is 5. The van der Waals surface area contributed by atoms with Gasteiger partial charge in [-0.2, -0.15) is 0 Å². The molecule has 1 saturated heterocycles. The predicted octanol–water partition coefficient (Wildman–Crippen LogP) is 0.782. The number of ether oxygens (including phenoxy) is 2. The third-order valence-corrected chi connectivity index (χ3v) is 2.15. The molecule has 1 rings (SSSR count). The van der Waals surface area contributed by atoms with Gasteiger partial charge >= 0.3 is 0 Å². The highest BCUT2D eigenvalue weighted by Gasteiger charge is 2.28. The molecule has 3 atom stereocenters. The Morgan fingerprint density at radius 1 is 1.41 bits per heavy atom. The van der Waals surface area contributed by atoms with Crippen LogP contribution in [0.4, 0.5) is 0 Å². The van der Waals surface area contributed by atoms with Crippen molar-refractivity contribution in [3.63, 3.8) is 0 Å². The van der Waals surface area contributed by atoms with Gasteiger partial charge in [-0.15, -0.1) is 6.58 Å². The molecule has 1 aliphatic rings. The van der Waals surface area contributed by atoms with Gasteiger partial charge in [0.25, 0.3) is 0 Å². The topological polar surface area (TPSA) is 79.2 Å². The Labute approximate surface area is 103 Å². The van der Waals surface area contributed by atoms with Crippen LogP contribution >= 0.6 is 0 Å². The van der Waals surface area contributed by atoms with Crippen LogP contribution in [0.3, 0.4) is 0 Å². The molecule has 5 nitrogen and oxygen atoms in total. The Morgan fingerprint density at radius 3 is 2.35 bits per heavy atom. The minimum Gasteiger partial charge on any atom is -0.379 e. The molecule has 0 spiro atoms. The van der Waals surface area contributed by atoms with Crippen molar-refractivity contribution in [1.82, 2.24) is 0 Å². The van der Waals surface area contributed by atoms with Crippen LogP contribution < -0.4 is 0 Å². The Morgan fingerprint density at radius 2 is 1.94 bits per heavy atom. The predicted molar refractivity (Wildman–Crippen MR) is 64.2 cm³/mol. The first-order valence-corrected chi connectivity index (χ1v) is 5.70. The van der Waals surface area contributed by atoms with E-state index in [-0.39, 0.29) is 12.2 Å². The smallest absolute Gasteiger partial charge is 0.156 e. The Kier molecular flexibility index (Phi) is 7.58. The lowest BCUT2D eigenvalue weighted by Gasteiger charge is -2.32. The molecule has 0 bridgehead atoms. The fourth-order valence-corrected chi connectivity index (χ4v) is 1.49. The summed E-state index contributed by atoms with van der Waals surface area (Å²) in [5.74, 6) is -1.50. The first-order valence-electron chi connectivity index (χ1n) is 5.70. The largest absolute Gasteiger partial charge is 0.379 e. The van der Waals surface area contributed by atoms with Gasteiger partial charge in [0.1, 0.15) is 0 Å². The maximum atomic E-state index is 9.21. The molecular formula is C12H24O5. The minimum absolute atomic E-state index is 0.0313. The van der Waals surface area contributed by atoms with E-state index < -0.39 is 12.1 Å². The lowest BCUT2D eigenvalue weighted by Crippen LogP contribution is -2.39. The van der Waals surface area contributed by atoms with Gasteiger partial charge in [0.15, 0.2) is 12.1 Å². The van der Waals surface area contributed by atoms with Crippen LogP contribution in [0.25, 0.3) is 0 Å². The van der Waals surface area contributed by atoms with Crippen LogP contribution in [-0.2, 0) is 9.47 Å². The van der Waals surface area contributed by atoms with Gasteiger partial charge in [0.05, 0.1) is 12.2 Å². The van der Waals surface area contributed by atoms with Gasteiger partial charge in [-0.3, -0.25) is 0 Å². The van der Waals surface area contributed by atoms with E-state index in [0.717, 1.165) is 12.8 Å². The highest BCUT2D eigenvalue weighted by atomic mass is 16.6. The second-order valence-corrected chi connectivity index (χ2v) is 4.50. The highest BCUT2D eigenvalue weighted by molar-refractivity contribution is 4.82. The molecule has 0 aromatic rings. The van der Waals surface area contributed by atoms with Crippen molar-refractivity contribution in [1.29, 1.82) is 0 Å². The molecule has 17 heavy (non-hydrogen) atoms. The molecule has 0 aromatic carbocycles. The van der Waals surface area contributed by atoms with Crippen LogP contribution in [0.1, 0.15) is 33.1 Å². The summed E-state index contributed by atoms with van der Waals surface area (Å²) >= 11 is 0. The van der Waals surface area contributed by atoms with E-state index in [2.05, 4.69) is 6.58 Å². The molecule has 1 aliphatic heterocycles. The van der Waals surface area contributed by atoms with E-state index in [1.54, 1.807) is 13.2 Å². The highest BCUT2D eigenvalue weighted by Crippen LogP contribution is 2.22. The zero-order chi connectivity index (χ0) is 13.5. The molecular weight excluding hydrogens is 224 g/mol. The quantitative estimate of drug-likeness (QED) is 0.508. The van der Waals surface area contributed by atoms with E-state index >= 15 is 0 Å². The summed E-state index contributed by atoms with van der Waals surface area (Å²) in [7, 11) is 1.67. The van der Waals surface area contributed by atoms with Gasteiger partial charge in [-0.1, -0.05) is 6.08 Å². The normalized spacial score (nSPS) is 29.2. The average Bonchev–Trinajstić information content (AvgIpc) is 2.16. The van der Waals surface area contributed by atoms with Crippen molar-refractivity contribution in [3.8, 4) is 0 Å². The molecule has 5 heteroatoms. The molecule has 1 fully saturated rings. The number of aliphatic hydroxyl groups is 3. The molecule has 2 unspecified atom stereocenters. The molecule has 0 aliphatic carbocycles. The van der Waals surface area contributed by atoms with Crippen molar-refractivity contribution >= 4 is 0 Å². The summed E-state index contributed by atoms with van der Waals surface area (Å²) in [6.45, 7) is 6.23. The second-order valence-electron chi connectivity index (χ2n) is 4.50. The standard InChI is InChI=1S/C9H16O3.C3H8O2/c1-3-4-8-7(11-2)5-6-9(10)12-8;1-3(2,4)5/h3,7-10H,1,4-6H2,2H3;4-5H,1-2H3/t7?,8-,9?;/m0./s1. The zero-order valence-corrected chi connectivity index (χ0v) is 10.8. The van der Waals surface area contributed by atoms with E-state index in [9.17, 15) is 5.11 Å². The third-order valence-electron chi connectivity index (χ3n) is 2.15. The summed E-state index contributed by atoms with van der Waals surface area (Å²) in [4.78, 5) is 0. The van der Waals surface area contributed by atoms with Gasteiger partial charge < -0.3 is 24.8 Å². The van der Waals surface area contributed by atoms with Crippen molar-refractivity contribution < 1.29 is 24.8 Å². The van der Waals surface area contributed by atoms with Gasteiger partial charge in [-0.05, 0) is 26.7 Å². The third kappa shape index (κ3) is 9.26. The van der Waals surface area contributed by atoms with E-state index in [1.165, 1.54) is 13.8 Å². The monoisotopic (exact) mass is 248 g/mol. The minimum atomic E-state index is -1.50. The maximum Gasteiger partial charge on any atom is 0.156 e. The molecule has 102 valence electrons. The molecule has 0 saturated carbocycles. The van der Waals surface area contributed by atoms with Crippen LogP contribution in [0.15, 0.2) is 12.7 Å². The Bertz CT molecular complexity index is 205. The van der Waals surface area contributed by atoms with Crippen molar-refractivity contribution in [2.75, 3.05) is 7.11 Å². The molecule has 1 heterocycles. The number of aliphatic hydroxyl groups excluding tert-OH is 1. The number of hydrogen-bond donors (Lipinski definition) is 3. The molecule has 0 aromatic heterocycles. The van der Waals surface area contributed by atoms with E-state index in [4.69, 9.17) is 19.7 Å². The zero-order valence-electron chi connectivity index (χ0n) is 10.8. The van der Waals surface area contributed by atoms with Crippen molar-refractivity contribution in [3.05, 3.63) is 12.7 Å². The Balaban J connectivity index is 0.000000437. The SMILES string of the molecule is C=CC[C@@H]1OC(O)CCC1OC.CC(C)(O)O. The maximum absolute atomic E-state index is 9.21. The summed E-state index contributed by atoms with van der Waals surface area (Å²) in [5, 5.41) is 25.4. The van der Waals surface area contributed by atoms with Crippen LogP contribution in [0.5, 0.6) is 0 Å². The Hall–Kier alpha value is -0.460. The summed E-state index contributed by atoms with van der Waals surface area (Å²) in [6, 6.07) is 0. The lowest BCUT2D eigenvalue weighted by molar-refractivity contribution is -0.202. The van der Waals surface area contributed by atoms with Crippen LogP contribution in [0.2, 0.25) is 0 Å². The van der Waals surface area contributed by atoms with Crippen molar-refractivity contribution in [2.24, 2.45) is 0 Å². The van der Waals surface area contributed by atoms with Gasteiger partial charge in [0, 0.05) is 13.5 Å². The van der Waals surface area contributed by atoms with Gasteiger partial charge in [0.2, 0.25) is 0 Å². The second kappa shape index (κ2) is 7.79. The molecule has 0 radical (unpaired) electrons. The fraction of sp³-hybridized carbons (Fsp3) is 0.833. The molecule has 0 amide bonds. The first-order chi connectivity index (χ1) is 7.77. The molecule has 3 N–H and O–H groups in total. The van der Waals surface area contributed by atoms with E-state index in [0.29, 0.717) is 6.42 Å².